The zero-order chi connectivity index (χ0) is 15.2. The molecule has 0 amide bonds. The molecule has 0 saturated heterocycles. The van der Waals surface area contributed by atoms with E-state index in [9.17, 15) is 9.59 Å². The number of para-hydroxylation sites is 1. The monoisotopic (exact) mass is 285 g/mol. The second-order valence-corrected chi connectivity index (χ2v) is 5.22. The van der Waals surface area contributed by atoms with E-state index in [4.69, 9.17) is 4.74 Å². The highest BCUT2D eigenvalue weighted by Crippen LogP contribution is 2.27. The van der Waals surface area contributed by atoms with Crippen LogP contribution < -0.4 is 0 Å². The number of nitrogens with zero attached hydrogens (tertiary/aromatic N) is 1. The number of benzene rings is 1. The zero-order valence-corrected chi connectivity index (χ0v) is 12.2. The maximum absolute atomic E-state index is 11.9. The smallest absolute Gasteiger partial charge is 0.333 e. The molecule has 0 unspecified atom stereocenters. The lowest BCUT2D eigenvalue weighted by atomic mass is 10.0. The molecule has 0 N–H and O–H groups in total. The van der Waals surface area contributed by atoms with Crippen molar-refractivity contribution in [2.45, 2.75) is 32.6 Å². The number of ether oxygens (including phenoxy) is 1. The van der Waals surface area contributed by atoms with Crippen molar-refractivity contribution in [2.75, 3.05) is 6.61 Å². The van der Waals surface area contributed by atoms with Crippen LogP contribution in [0.15, 0.2) is 41.4 Å². The number of carbonyl (C=O) groups is 2. The van der Waals surface area contributed by atoms with Crippen LogP contribution in [0.3, 0.4) is 0 Å². The van der Waals surface area contributed by atoms with Crippen molar-refractivity contribution >= 4 is 23.2 Å². The first kappa shape index (κ1) is 15.2. The molecule has 1 aromatic rings. The summed E-state index contributed by atoms with van der Waals surface area (Å²) in [4.78, 5) is 27.5. The summed E-state index contributed by atoms with van der Waals surface area (Å²) in [5.74, 6) is -0.272. The molecule has 2 rings (SSSR count). The molecule has 0 atom stereocenters. The Kier molecular flexibility index (Phi) is 5.04. The molecule has 1 heterocycles. The number of fused-ring (bicyclic) bond motifs is 1. The Morgan fingerprint density at radius 2 is 2.10 bits per heavy atom. The Bertz CT molecular complexity index is 602. The Hall–Kier alpha value is -2.23. The van der Waals surface area contributed by atoms with E-state index in [0.717, 1.165) is 17.8 Å². The van der Waals surface area contributed by atoms with Crippen molar-refractivity contribution in [3.63, 3.8) is 0 Å². The van der Waals surface area contributed by atoms with Crippen molar-refractivity contribution in [3.05, 3.63) is 42.0 Å². The summed E-state index contributed by atoms with van der Waals surface area (Å²) in [5, 5.41) is 0. The average molecular weight is 285 g/mol. The summed E-state index contributed by atoms with van der Waals surface area (Å²) in [6.07, 6.45) is 2.08. The van der Waals surface area contributed by atoms with Gasteiger partial charge in [0.2, 0.25) is 0 Å². The minimum Gasteiger partial charge on any atom is -0.462 e. The third-order valence-corrected chi connectivity index (χ3v) is 3.25. The van der Waals surface area contributed by atoms with Gasteiger partial charge in [0.25, 0.3) is 0 Å². The maximum Gasteiger partial charge on any atom is 0.333 e. The SMILES string of the molecule is C=C(C)C(=O)OCCCC(=O)CC1=Nc2ccccc2C1. The standard InChI is InChI=1S/C17H19NO3/c1-12(2)17(20)21-9-5-7-15(19)11-14-10-13-6-3-4-8-16(13)18-14/h3-4,6,8H,1,5,7,9-11H2,2H3. The van der Waals surface area contributed by atoms with E-state index >= 15 is 0 Å². The molecule has 0 bridgehead atoms. The molecule has 1 aromatic carbocycles. The van der Waals surface area contributed by atoms with Crippen LogP contribution in [-0.4, -0.2) is 24.1 Å². The Labute approximate surface area is 124 Å². The summed E-state index contributed by atoms with van der Waals surface area (Å²) >= 11 is 0. The van der Waals surface area contributed by atoms with Gasteiger partial charge >= 0.3 is 5.97 Å². The van der Waals surface area contributed by atoms with Crippen LogP contribution in [-0.2, 0) is 20.7 Å². The van der Waals surface area contributed by atoms with Gasteiger partial charge in [-0.25, -0.2) is 4.79 Å². The van der Waals surface area contributed by atoms with Gasteiger partial charge in [0.15, 0.2) is 0 Å². The molecule has 0 fully saturated rings. The van der Waals surface area contributed by atoms with Gasteiger partial charge in [-0.2, -0.15) is 0 Å². The predicted molar refractivity (Wildman–Crippen MR) is 81.9 cm³/mol. The number of hydrogen-bond acceptors (Lipinski definition) is 4. The topological polar surface area (TPSA) is 55.7 Å². The summed E-state index contributed by atoms with van der Waals surface area (Å²) in [6, 6.07) is 7.93. The van der Waals surface area contributed by atoms with Crippen LogP contribution in [0.2, 0.25) is 0 Å². The molecule has 1 aliphatic rings. The summed E-state index contributed by atoms with van der Waals surface area (Å²) in [7, 11) is 0. The highest BCUT2D eigenvalue weighted by atomic mass is 16.5. The minimum atomic E-state index is -0.405. The van der Waals surface area contributed by atoms with Gasteiger partial charge in [-0.1, -0.05) is 24.8 Å². The van der Waals surface area contributed by atoms with Crippen LogP contribution in [0.25, 0.3) is 0 Å². The fourth-order valence-electron chi connectivity index (χ4n) is 2.17. The third kappa shape index (κ3) is 4.38. The molecule has 0 aromatic heterocycles. The van der Waals surface area contributed by atoms with Crippen LogP contribution >= 0.6 is 0 Å². The number of Topliss-reactive ketones (excluding diaryl/α,β-unsaturated/α-hetero) is 1. The van der Waals surface area contributed by atoms with E-state index in [1.165, 1.54) is 5.56 Å². The maximum atomic E-state index is 11.9. The van der Waals surface area contributed by atoms with Gasteiger partial charge in [0, 0.05) is 30.5 Å². The number of aliphatic imine (C=N–C) groups is 1. The van der Waals surface area contributed by atoms with Gasteiger partial charge in [0.1, 0.15) is 5.78 Å². The van der Waals surface area contributed by atoms with Gasteiger partial charge in [-0.15, -0.1) is 0 Å². The van der Waals surface area contributed by atoms with E-state index in [-0.39, 0.29) is 12.4 Å². The second kappa shape index (κ2) is 6.97. The lowest BCUT2D eigenvalue weighted by molar-refractivity contribution is -0.139. The lowest BCUT2D eigenvalue weighted by Crippen LogP contribution is -2.10. The first-order chi connectivity index (χ1) is 10.1. The molecule has 0 aliphatic carbocycles. The number of hydrogen-bond donors (Lipinski definition) is 0. The number of carbonyl (C=O) groups excluding carboxylic acids is 2. The van der Waals surface area contributed by atoms with E-state index in [1.54, 1.807) is 6.92 Å². The highest BCUT2D eigenvalue weighted by Gasteiger charge is 2.16. The fraction of sp³-hybridized carbons (Fsp3) is 0.353. The normalized spacial score (nSPS) is 12.5. The van der Waals surface area contributed by atoms with E-state index in [1.807, 2.05) is 24.3 Å². The van der Waals surface area contributed by atoms with Crippen LogP contribution in [0.1, 0.15) is 31.7 Å². The molecule has 0 radical (unpaired) electrons. The molecular formula is C17H19NO3. The minimum absolute atomic E-state index is 0.132. The molecule has 4 nitrogen and oxygen atoms in total. The molecule has 4 heteroatoms. The van der Waals surface area contributed by atoms with Crippen molar-refractivity contribution in [3.8, 4) is 0 Å². The lowest BCUT2D eigenvalue weighted by Gasteiger charge is -2.04. The second-order valence-electron chi connectivity index (χ2n) is 5.22. The number of ketones is 1. The van der Waals surface area contributed by atoms with Crippen molar-refractivity contribution < 1.29 is 14.3 Å². The summed E-state index contributed by atoms with van der Waals surface area (Å²) in [6.45, 7) is 5.35. The van der Waals surface area contributed by atoms with E-state index < -0.39 is 5.97 Å². The molecule has 110 valence electrons. The third-order valence-electron chi connectivity index (χ3n) is 3.25. The first-order valence-electron chi connectivity index (χ1n) is 7.05. The summed E-state index contributed by atoms with van der Waals surface area (Å²) < 4.78 is 4.95. The van der Waals surface area contributed by atoms with Crippen molar-refractivity contribution in [2.24, 2.45) is 4.99 Å². The number of rotatable bonds is 7. The van der Waals surface area contributed by atoms with Crippen molar-refractivity contribution in [1.82, 2.24) is 0 Å². The largest absolute Gasteiger partial charge is 0.462 e. The number of esters is 1. The van der Waals surface area contributed by atoms with Crippen LogP contribution in [0.4, 0.5) is 5.69 Å². The molecule has 0 spiro atoms. The van der Waals surface area contributed by atoms with Crippen LogP contribution in [0, 0.1) is 0 Å². The first-order valence-corrected chi connectivity index (χ1v) is 7.05. The molecular weight excluding hydrogens is 266 g/mol. The van der Waals surface area contributed by atoms with Gasteiger partial charge < -0.3 is 4.74 Å². The fourth-order valence-corrected chi connectivity index (χ4v) is 2.17. The predicted octanol–water partition coefficient (Wildman–Crippen LogP) is 3.17. The highest BCUT2D eigenvalue weighted by molar-refractivity contribution is 6.06. The van der Waals surface area contributed by atoms with E-state index in [2.05, 4.69) is 11.6 Å². The average Bonchev–Trinajstić information content (AvgIpc) is 2.85. The Balaban J connectivity index is 1.70. The molecule has 21 heavy (non-hydrogen) atoms. The summed E-state index contributed by atoms with van der Waals surface area (Å²) in [5.41, 5.74) is 3.44. The van der Waals surface area contributed by atoms with Gasteiger partial charge in [-0.3, -0.25) is 9.79 Å². The molecule has 1 aliphatic heterocycles. The zero-order valence-electron chi connectivity index (χ0n) is 12.2. The van der Waals surface area contributed by atoms with Crippen LogP contribution in [0.5, 0.6) is 0 Å². The molecule has 0 saturated carbocycles. The van der Waals surface area contributed by atoms with E-state index in [0.29, 0.717) is 24.8 Å². The Morgan fingerprint density at radius 3 is 2.81 bits per heavy atom. The van der Waals surface area contributed by atoms with Gasteiger partial charge in [-0.05, 0) is 25.0 Å². The quantitative estimate of drug-likeness (QED) is 0.439. The van der Waals surface area contributed by atoms with Gasteiger partial charge in [0.05, 0.1) is 12.3 Å². The van der Waals surface area contributed by atoms with Crippen molar-refractivity contribution in [1.29, 1.82) is 0 Å². The Morgan fingerprint density at radius 1 is 1.33 bits per heavy atom.